The highest BCUT2D eigenvalue weighted by Crippen LogP contribution is 2.36. The number of hydrogen-bond acceptors (Lipinski definition) is 9. The highest BCUT2D eigenvalue weighted by atomic mass is 127. The van der Waals surface area contributed by atoms with Crippen molar-refractivity contribution in [2.24, 2.45) is 0 Å². The van der Waals surface area contributed by atoms with Crippen molar-refractivity contribution in [2.75, 3.05) is 12.4 Å². The van der Waals surface area contributed by atoms with E-state index in [2.05, 4.69) is 39.5 Å². The van der Waals surface area contributed by atoms with E-state index in [1.165, 1.54) is 6.33 Å². The summed E-state index contributed by atoms with van der Waals surface area (Å²) in [7, 11) is 0. The van der Waals surface area contributed by atoms with Gasteiger partial charge in [-0.2, -0.15) is 5.10 Å². The van der Waals surface area contributed by atoms with Crippen molar-refractivity contribution in [3.8, 4) is 0 Å². The van der Waals surface area contributed by atoms with Crippen LogP contribution in [0.1, 0.15) is 51.4 Å². The van der Waals surface area contributed by atoms with E-state index in [-0.39, 0.29) is 6.61 Å². The van der Waals surface area contributed by atoms with Crippen molar-refractivity contribution in [3.63, 3.8) is 0 Å². The summed E-state index contributed by atoms with van der Waals surface area (Å²) in [5.41, 5.74) is 3.60. The second-order valence-electron chi connectivity index (χ2n) is 9.18. The lowest BCUT2D eigenvalue weighted by atomic mass is 10.1. The molecule has 1 aliphatic heterocycles. The molecule has 0 amide bonds. The Bertz CT molecular complexity index is 1490. The van der Waals surface area contributed by atoms with Crippen LogP contribution in [-0.2, 0) is 14.2 Å². The van der Waals surface area contributed by atoms with E-state index in [1.54, 1.807) is 40.7 Å². The van der Waals surface area contributed by atoms with E-state index < -0.39 is 30.4 Å². The topological polar surface area (TPSA) is 105 Å². The third-order valence-electron chi connectivity index (χ3n) is 6.36. The lowest BCUT2D eigenvalue weighted by Gasteiger charge is -2.19. The van der Waals surface area contributed by atoms with Gasteiger partial charge in [-0.15, -0.1) is 11.8 Å². The molecule has 202 valence electrons. The van der Waals surface area contributed by atoms with Crippen LogP contribution in [0.4, 0.5) is 0 Å². The largest absolute Gasteiger partial charge is 0.459 e. The van der Waals surface area contributed by atoms with E-state index >= 15 is 0 Å². The number of aryl methyl sites for hydroxylation is 2. The van der Waals surface area contributed by atoms with Crippen LogP contribution in [0.25, 0.3) is 11.0 Å². The molecule has 0 spiro atoms. The minimum Gasteiger partial charge on any atom is -0.459 e. The molecule has 1 saturated heterocycles. The van der Waals surface area contributed by atoms with Gasteiger partial charge in [0.2, 0.25) is 0 Å². The fourth-order valence-corrected chi connectivity index (χ4v) is 5.94. The predicted octanol–water partition coefficient (Wildman–Crippen LogP) is 5.53. The average molecular weight is 659 g/mol. The number of carbonyl (C=O) groups is 2. The molecule has 3 atom stereocenters. The number of thioether (sulfide) groups is 1. The Labute approximate surface area is 243 Å². The molecule has 0 bridgehead atoms. The molecule has 0 saturated carbocycles. The SMILES string of the molecule is CCSc1ncnc2c1c(I)nn2C1CC(OC(=O)c2ccc(C)cc2)C(COC(=O)c2ccc(C)cc2)O1. The maximum Gasteiger partial charge on any atom is 0.338 e. The van der Waals surface area contributed by atoms with Crippen molar-refractivity contribution < 1.29 is 23.8 Å². The van der Waals surface area contributed by atoms with Gasteiger partial charge in [-0.05, 0) is 66.5 Å². The number of esters is 2. The maximum atomic E-state index is 13.0. The molecule has 0 N–H and O–H groups in total. The monoisotopic (exact) mass is 658 g/mol. The van der Waals surface area contributed by atoms with Gasteiger partial charge in [-0.25, -0.2) is 24.2 Å². The van der Waals surface area contributed by atoms with Gasteiger partial charge in [-0.1, -0.05) is 42.3 Å². The number of halogens is 1. The third kappa shape index (κ3) is 6.10. The summed E-state index contributed by atoms with van der Waals surface area (Å²) in [6.45, 7) is 5.87. The first-order valence-electron chi connectivity index (χ1n) is 12.5. The quantitative estimate of drug-likeness (QED) is 0.105. The van der Waals surface area contributed by atoms with Crippen LogP contribution >= 0.6 is 34.4 Å². The molecular formula is C28H27IN4O5S. The van der Waals surface area contributed by atoms with Crippen LogP contribution < -0.4 is 0 Å². The van der Waals surface area contributed by atoms with Gasteiger partial charge in [0.05, 0.1) is 16.5 Å². The van der Waals surface area contributed by atoms with Crippen LogP contribution in [0, 0.1) is 17.5 Å². The lowest BCUT2D eigenvalue weighted by Crippen LogP contribution is -2.32. The Kier molecular flexibility index (Phi) is 8.48. The number of aromatic nitrogens is 4. The summed E-state index contributed by atoms with van der Waals surface area (Å²) < 4.78 is 20.3. The second-order valence-corrected chi connectivity index (χ2v) is 11.5. The molecule has 0 aliphatic carbocycles. The Morgan fingerprint density at radius 3 is 2.31 bits per heavy atom. The van der Waals surface area contributed by atoms with Crippen molar-refractivity contribution >= 4 is 57.3 Å². The molecule has 2 aromatic heterocycles. The lowest BCUT2D eigenvalue weighted by molar-refractivity contribution is -0.0591. The Balaban J connectivity index is 1.39. The van der Waals surface area contributed by atoms with Gasteiger partial charge in [0.1, 0.15) is 33.9 Å². The first-order valence-corrected chi connectivity index (χ1v) is 14.6. The van der Waals surface area contributed by atoms with Crippen LogP contribution in [0.3, 0.4) is 0 Å². The minimum absolute atomic E-state index is 0.0860. The van der Waals surface area contributed by atoms with Crippen molar-refractivity contribution in [1.82, 2.24) is 19.7 Å². The van der Waals surface area contributed by atoms with Gasteiger partial charge in [0, 0.05) is 6.42 Å². The first-order chi connectivity index (χ1) is 18.8. The van der Waals surface area contributed by atoms with Gasteiger partial charge >= 0.3 is 11.9 Å². The molecule has 4 aromatic rings. The Hall–Kier alpha value is -3.03. The maximum absolute atomic E-state index is 13.0. The minimum atomic E-state index is -0.693. The summed E-state index contributed by atoms with van der Waals surface area (Å²) in [5, 5.41) is 6.40. The molecule has 3 unspecified atom stereocenters. The predicted molar refractivity (Wildman–Crippen MR) is 155 cm³/mol. The Morgan fingerprint density at radius 1 is 1.03 bits per heavy atom. The summed E-state index contributed by atoms with van der Waals surface area (Å²) in [6.07, 6.45) is -0.110. The molecule has 1 aliphatic rings. The highest BCUT2D eigenvalue weighted by molar-refractivity contribution is 14.1. The number of benzene rings is 2. The van der Waals surface area contributed by atoms with Crippen molar-refractivity contribution in [1.29, 1.82) is 0 Å². The number of rotatable bonds is 8. The number of nitrogens with zero attached hydrogens (tertiary/aromatic N) is 4. The zero-order valence-corrected chi connectivity index (χ0v) is 24.6. The summed E-state index contributed by atoms with van der Waals surface area (Å²) >= 11 is 3.79. The van der Waals surface area contributed by atoms with Crippen LogP contribution in [0.15, 0.2) is 59.9 Å². The Morgan fingerprint density at radius 2 is 1.67 bits per heavy atom. The molecule has 1 fully saturated rings. The fraction of sp³-hybridized carbons (Fsp3) is 0.321. The molecule has 39 heavy (non-hydrogen) atoms. The zero-order chi connectivity index (χ0) is 27.5. The highest BCUT2D eigenvalue weighted by Gasteiger charge is 2.41. The first kappa shape index (κ1) is 27.5. The van der Waals surface area contributed by atoms with Crippen LogP contribution in [0.5, 0.6) is 0 Å². The summed E-state index contributed by atoms with van der Waals surface area (Å²) in [5.74, 6) is -0.0830. The van der Waals surface area contributed by atoms with Gasteiger partial charge in [0.15, 0.2) is 11.9 Å². The molecular weight excluding hydrogens is 631 g/mol. The van der Waals surface area contributed by atoms with Crippen LogP contribution in [-0.4, -0.2) is 56.3 Å². The molecule has 2 aromatic carbocycles. The normalized spacial score (nSPS) is 18.8. The van der Waals surface area contributed by atoms with Gasteiger partial charge < -0.3 is 14.2 Å². The molecule has 9 nitrogen and oxygen atoms in total. The fourth-order valence-electron chi connectivity index (χ4n) is 4.30. The summed E-state index contributed by atoms with van der Waals surface area (Å²) in [4.78, 5) is 34.6. The van der Waals surface area contributed by atoms with E-state index in [9.17, 15) is 9.59 Å². The van der Waals surface area contributed by atoms with E-state index in [0.29, 0.717) is 23.2 Å². The van der Waals surface area contributed by atoms with Crippen LogP contribution in [0.2, 0.25) is 0 Å². The standard InChI is InChI=1S/C28H27IN4O5S/c1-4-39-26-23-24(29)32-33(25(23)30-15-31-26)22-13-20(38-28(35)19-11-7-17(3)8-12-19)21(37-22)14-36-27(34)18-9-5-16(2)6-10-18/h5-12,15,20-22H,4,13-14H2,1-3H3. The van der Waals surface area contributed by atoms with Gasteiger partial charge in [-0.3, -0.25) is 0 Å². The van der Waals surface area contributed by atoms with E-state index in [4.69, 9.17) is 19.3 Å². The van der Waals surface area contributed by atoms with Crippen molar-refractivity contribution in [3.05, 3.63) is 80.8 Å². The number of ether oxygens (including phenoxy) is 3. The van der Waals surface area contributed by atoms with E-state index in [1.807, 2.05) is 38.1 Å². The van der Waals surface area contributed by atoms with Crippen molar-refractivity contribution in [2.45, 2.75) is 50.7 Å². The second kappa shape index (κ2) is 12.0. The third-order valence-corrected chi connectivity index (χ3v) is 7.98. The van der Waals surface area contributed by atoms with E-state index in [0.717, 1.165) is 31.0 Å². The number of hydrogen-bond donors (Lipinski definition) is 0. The average Bonchev–Trinajstić information content (AvgIpc) is 3.49. The summed E-state index contributed by atoms with van der Waals surface area (Å²) in [6, 6.07) is 14.3. The van der Waals surface area contributed by atoms with Gasteiger partial charge in [0.25, 0.3) is 0 Å². The zero-order valence-electron chi connectivity index (χ0n) is 21.7. The number of carbonyl (C=O) groups excluding carboxylic acids is 2. The smallest absolute Gasteiger partial charge is 0.338 e. The molecule has 0 radical (unpaired) electrons. The molecule has 11 heteroatoms. The molecule has 3 heterocycles. The number of fused-ring (bicyclic) bond motifs is 1. The molecule has 5 rings (SSSR count).